The van der Waals surface area contributed by atoms with Gasteiger partial charge in [-0.1, -0.05) is 30.3 Å². The number of aliphatic hydroxyl groups excluding tert-OH is 5. The lowest BCUT2D eigenvalue weighted by atomic mass is 9.86. The number of aromatic hydroxyl groups is 1. The largest absolute Gasteiger partial charge is 0.508 e. The average molecular weight is 631 g/mol. The first kappa shape index (κ1) is 34.1. The first-order valence-corrected chi connectivity index (χ1v) is 14.5. The zero-order valence-electron chi connectivity index (χ0n) is 24.6. The highest BCUT2D eigenvalue weighted by Gasteiger charge is 2.47. The summed E-state index contributed by atoms with van der Waals surface area (Å²) in [6.45, 7) is 0.928. The lowest BCUT2D eigenvalue weighted by molar-refractivity contribution is -0.327. The van der Waals surface area contributed by atoms with Crippen LogP contribution >= 0.6 is 0 Å². The predicted octanol–water partition coefficient (Wildman–Crippen LogP) is 0.628. The molecule has 13 nitrogen and oxygen atoms in total. The minimum atomic E-state index is -1.71. The van der Waals surface area contributed by atoms with Gasteiger partial charge in [-0.25, -0.2) is 4.79 Å². The van der Waals surface area contributed by atoms with Gasteiger partial charge < -0.3 is 54.3 Å². The Kier molecular flexibility index (Phi) is 12.1. The Bertz CT molecular complexity index is 1340. The van der Waals surface area contributed by atoms with Crippen LogP contribution in [-0.4, -0.2) is 99.4 Å². The molecular weight excluding hydrogens is 592 g/mol. The number of carbonyl (C=O) groups excluding carboxylic acids is 2. The SMILES string of the molecule is C/C=C1\[C@@H](O[C@@H]2O[C@H](CO)[C@@H](O)[C@@H](O)[C@H]2O)OC=C(C(=O)OCCc2ccc(O)cc2)[C@@H]1CC(=O)Oc1ccc(CCO)cc1. The molecule has 2 heterocycles. The Morgan fingerprint density at radius 2 is 1.58 bits per heavy atom. The number of hydrogen-bond acceptors (Lipinski definition) is 13. The van der Waals surface area contributed by atoms with E-state index in [0.717, 1.165) is 17.4 Å². The van der Waals surface area contributed by atoms with E-state index in [9.17, 15) is 35.1 Å². The van der Waals surface area contributed by atoms with E-state index in [4.69, 9.17) is 28.8 Å². The monoisotopic (exact) mass is 630 g/mol. The fourth-order valence-corrected chi connectivity index (χ4v) is 5.01. The first-order chi connectivity index (χ1) is 21.6. The van der Waals surface area contributed by atoms with Gasteiger partial charge in [0.15, 0.2) is 6.29 Å². The summed E-state index contributed by atoms with van der Waals surface area (Å²) in [6.07, 6.45) is -5.96. The van der Waals surface area contributed by atoms with Crippen molar-refractivity contribution in [3.8, 4) is 11.5 Å². The molecule has 2 aromatic rings. The zero-order valence-corrected chi connectivity index (χ0v) is 24.6. The summed E-state index contributed by atoms with van der Waals surface area (Å²) in [5.74, 6) is -2.04. The van der Waals surface area contributed by atoms with E-state index in [2.05, 4.69) is 0 Å². The number of aliphatic hydroxyl groups is 5. The van der Waals surface area contributed by atoms with Crippen LogP contribution in [0.15, 0.2) is 72.0 Å². The van der Waals surface area contributed by atoms with Crippen LogP contribution in [-0.2, 0) is 41.4 Å². The van der Waals surface area contributed by atoms with E-state index in [1.165, 1.54) is 12.1 Å². The maximum absolute atomic E-state index is 13.3. The summed E-state index contributed by atoms with van der Waals surface area (Å²) in [6, 6.07) is 13.0. The predicted molar refractivity (Wildman–Crippen MR) is 155 cm³/mol. The minimum absolute atomic E-state index is 0.00213. The average Bonchev–Trinajstić information content (AvgIpc) is 3.03. The van der Waals surface area contributed by atoms with Crippen LogP contribution in [0.1, 0.15) is 24.5 Å². The van der Waals surface area contributed by atoms with Crippen molar-refractivity contribution in [2.45, 2.75) is 63.2 Å². The van der Waals surface area contributed by atoms with Crippen LogP contribution in [0.25, 0.3) is 0 Å². The van der Waals surface area contributed by atoms with Gasteiger partial charge in [0.2, 0.25) is 6.29 Å². The second-order valence-corrected chi connectivity index (χ2v) is 10.6. The number of phenols is 1. The molecule has 0 amide bonds. The van der Waals surface area contributed by atoms with Crippen LogP contribution in [0.3, 0.4) is 0 Å². The molecule has 1 fully saturated rings. The number of hydrogen-bond donors (Lipinski definition) is 6. The van der Waals surface area contributed by atoms with Gasteiger partial charge in [0.05, 0.1) is 31.5 Å². The summed E-state index contributed by atoms with van der Waals surface area (Å²) in [4.78, 5) is 26.4. The third-order valence-electron chi connectivity index (χ3n) is 7.53. The van der Waals surface area contributed by atoms with Crippen molar-refractivity contribution in [1.82, 2.24) is 0 Å². The highest BCUT2D eigenvalue weighted by molar-refractivity contribution is 5.91. The number of carbonyl (C=O) groups is 2. The van der Waals surface area contributed by atoms with Crippen molar-refractivity contribution >= 4 is 11.9 Å². The molecule has 6 N–H and O–H groups in total. The molecule has 4 rings (SSSR count). The van der Waals surface area contributed by atoms with Gasteiger partial charge in [-0.2, -0.15) is 0 Å². The molecule has 0 radical (unpaired) electrons. The number of benzene rings is 2. The lowest BCUT2D eigenvalue weighted by Gasteiger charge is -2.41. The number of phenolic OH excluding ortho intramolecular Hbond substituents is 1. The van der Waals surface area contributed by atoms with Crippen LogP contribution in [0, 0.1) is 5.92 Å². The number of esters is 2. The van der Waals surface area contributed by atoms with E-state index in [-0.39, 0.29) is 42.3 Å². The van der Waals surface area contributed by atoms with Crippen molar-refractivity contribution < 1.29 is 63.9 Å². The zero-order chi connectivity index (χ0) is 32.5. The Hall–Kier alpha value is -3.82. The Morgan fingerprint density at radius 3 is 2.22 bits per heavy atom. The van der Waals surface area contributed by atoms with Crippen molar-refractivity contribution in [2.24, 2.45) is 5.92 Å². The van der Waals surface area contributed by atoms with Gasteiger partial charge in [-0.15, -0.1) is 0 Å². The molecule has 0 aromatic heterocycles. The van der Waals surface area contributed by atoms with Crippen molar-refractivity contribution in [1.29, 1.82) is 0 Å². The fraction of sp³-hybridized carbons (Fsp3) is 0.438. The van der Waals surface area contributed by atoms with E-state index in [1.807, 2.05) is 0 Å². The van der Waals surface area contributed by atoms with Gasteiger partial charge in [-0.3, -0.25) is 4.79 Å². The molecule has 0 spiro atoms. The molecule has 45 heavy (non-hydrogen) atoms. The van der Waals surface area contributed by atoms with Gasteiger partial charge in [0, 0.05) is 24.5 Å². The lowest BCUT2D eigenvalue weighted by Crippen LogP contribution is -2.60. The number of ether oxygens (including phenoxy) is 5. The van der Waals surface area contributed by atoms with E-state index in [0.29, 0.717) is 12.8 Å². The number of rotatable bonds is 12. The fourth-order valence-electron chi connectivity index (χ4n) is 5.01. The second-order valence-electron chi connectivity index (χ2n) is 10.6. The van der Waals surface area contributed by atoms with Gasteiger partial charge in [-0.05, 0) is 48.7 Å². The van der Waals surface area contributed by atoms with E-state index < -0.39 is 61.5 Å². The Labute approximate surface area is 259 Å². The Balaban J connectivity index is 1.52. The van der Waals surface area contributed by atoms with Gasteiger partial charge >= 0.3 is 11.9 Å². The summed E-state index contributed by atoms with van der Waals surface area (Å²) >= 11 is 0. The molecule has 0 saturated carbocycles. The van der Waals surface area contributed by atoms with Crippen LogP contribution in [0.2, 0.25) is 0 Å². The molecule has 0 aliphatic carbocycles. The molecule has 0 unspecified atom stereocenters. The topological polar surface area (TPSA) is 202 Å². The smallest absolute Gasteiger partial charge is 0.337 e. The third kappa shape index (κ3) is 8.67. The maximum atomic E-state index is 13.3. The standard InChI is InChI=1S/C32H38O13/c1-2-22-23(15-26(36)43-21-9-5-18(6-10-21)11-13-33)24(30(40)41-14-12-19-3-7-20(35)8-4-19)17-42-31(22)45-32-29(39)28(38)27(37)25(16-34)44-32/h2-10,17,23,25,27-29,31-35,37-39H,11-16H2,1H3/b22-2-/t23-,25-,27-,28-,29-,31-,32+/m1/s1. The van der Waals surface area contributed by atoms with Gasteiger partial charge in [0.25, 0.3) is 0 Å². The molecule has 7 atom stereocenters. The first-order valence-electron chi connectivity index (χ1n) is 14.5. The molecule has 2 aliphatic rings. The summed E-state index contributed by atoms with van der Waals surface area (Å²) in [5, 5.41) is 58.9. The van der Waals surface area contributed by atoms with E-state index in [1.54, 1.807) is 49.4 Å². The molecule has 2 aliphatic heterocycles. The summed E-state index contributed by atoms with van der Waals surface area (Å²) in [5.41, 5.74) is 1.96. The maximum Gasteiger partial charge on any atom is 0.337 e. The molecule has 13 heteroatoms. The minimum Gasteiger partial charge on any atom is -0.508 e. The quantitative estimate of drug-likeness (QED) is 0.108. The molecular formula is C32H38O13. The third-order valence-corrected chi connectivity index (χ3v) is 7.53. The molecule has 0 bridgehead atoms. The van der Waals surface area contributed by atoms with Crippen molar-refractivity contribution in [3.05, 3.63) is 83.1 Å². The second kappa shape index (κ2) is 16.0. The summed E-state index contributed by atoms with van der Waals surface area (Å²) in [7, 11) is 0. The van der Waals surface area contributed by atoms with Crippen LogP contribution in [0.4, 0.5) is 0 Å². The van der Waals surface area contributed by atoms with Crippen LogP contribution < -0.4 is 4.74 Å². The van der Waals surface area contributed by atoms with Gasteiger partial charge in [0.1, 0.15) is 35.9 Å². The highest BCUT2D eigenvalue weighted by atomic mass is 16.8. The number of allylic oxidation sites excluding steroid dienone is 1. The van der Waals surface area contributed by atoms with Crippen LogP contribution in [0.5, 0.6) is 11.5 Å². The van der Waals surface area contributed by atoms with Crippen molar-refractivity contribution in [2.75, 3.05) is 19.8 Å². The Morgan fingerprint density at radius 1 is 0.911 bits per heavy atom. The summed E-state index contributed by atoms with van der Waals surface area (Å²) < 4.78 is 27.9. The molecule has 244 valence electrons. The molecule has 1 saturated heterocycles. The molecule has 2 aromatic carbocycles. The van der Waals surface area contributed by atoms with E-state index >= 15 is 0 Å². The highest BCUT2D eigenvalue weighted by Crippen LogP contribution is 2.36. The normalized spacial score (nSPS) is 27.4. The van der Waals surface area contributed by atoms with Crippen molar-refractivity contribution in [3.63, 3.8) is 0 Å².